The number of rotatable bonds is 4. The average Bonchev–Trinajstić information content (AvgIpc) is 2.97. The third-order valence-corrected chi connectivity index (χ3v) is 5.74. The fraction of sp³-hybridized carbons (Fsp3) is 0.571. The van der Waals surface area contributed by atoms with Gasteiger partial charge >= 0.3 is 5.97 Å². The van der Waals surface area contributed by atoms with Gasteiger partial charge in [0.2, 0.25) is 5.91 Å². The standard InChI is InChI=1S/C21H28N2O4/c24-19(15-5-7-17(8-6-15)21(26)27)22-18-11-9-16(10-12-18)20(25)23-13-3-1-2-4-14-23/h9-12,15,17H,1-8,13-14H2,(H,22,24)(H,26,27). The predicted octanol–water partition coefficient (Wildman–Crippen LogP) is 3.53. The topological polar surface area (TPSA) is 86.7 Å². The van der Waals surface area contributed by atoms with Gasteiger partial charge in [0.25, 0.3) is 5.91 Å². The number of anilines is 1. The van der Waals surface area contributed by atoms with Crippen LogP contribution in [0.2, 0.25) is 0 Å². The molecule has 0 radical (unpaired) electrons. The first kappa shape index (κ1) is 19.4. The number of hydrogen-bond acceptors (Lipinski definition) is 3. The largest absolute Gasteiger partial charge is 0.481 e. The maximum Gasteiger partial charge on any atom is 0.306 e. The Morgan fingerprint density at radius 2 is 1.41 bits per heavy atom. The first-order valence-electron chi connectivity index (χ1n) is 9.97. The molecule has 1 aromatic rings. The predicted molar refractivity (Wildman–Crippen MR) is 103 cm³/mol. The molecule has 6 nitrogen and oxygen atoms in total. The Balaban J connectivity index is 1.53. The Kier molecular flexibility index (Phi) is 6.48. The summed E-state index contributed by atoms with van der Waals surface area (Å²) in [6, 6.07) is 7.08. The van der Waals surface area contributed by atoms with E-state index >= 15 is 0 Å². The summed E-state index contributed by atoms with van der Waals surface area (Å²) >= 11 is 0. The second kappa shape index (κ2) is 9.02. The van der Waals surface area contributed by atoms with Gasteiger partial charge in [0.05, 0.1) is 5.92 Å². The van der Waals surface area contributed by atoms with E-state index in [1.807, 2.05) is 4.90 Å². The number of carboxylic acid groups (broad SMARTS) is 1. The van der Waals surface area contributed by atoms with Gasteiger partial charge in [-0.25, -0.2) is 0 Å². The summed E-state index contributed by atoms with van der Waals surface area (Å²) in [5.74, 6) is -1.23. The minimum absolute atomic E-state index is 0.0572. The molecule has 1 saturated heterocycles. The van der Waals surface area contributed by atoms with Crippen molar-refractivity contribution >= 4 is 23.5 Å². The highest BCUT2D eigenvalue weighted by Crippen LogP contribution is 2.30. The third-order valence-electron chi connectivity index (χ3n) is 5.74. The number of hydrogen-bond donors (Lipinski definition) is 2. The lowest BCUT2D eigenvalue weighted by Gasteiger charge is -2.25. The molecule has 1 aliphatic carbocycles. The Bertz CT molecular complexity index is 670. The highest BCUT2D eigenvalue weighted by atomic mass is 16.4. The Morgan fingerprint density at radius 1 is 0.852 bits per heavy atom. The molecule has 2 amide bonds. The van der Waals surface area contributed by atoms with E-state index in [2.05, 4.69) is 5.32 Å². The zero-order valence-corrected chi connectivity index (χ0v) is 15.7. The quantitative estimate of drug-likeness (QED) is 0.846. The Morgan fingerprint density at radius 3 is 1.96 bits per heavy atom. The lowest BCUT2D eigenvalue weighted by Crippen LogP contribution is -2.31. The molecule has 0 aromatic heterocycles. The lowest BCUT2D eigenvalue weighted by molar-refractivity contribution is -0.143. The zero-order chi connectivity index (χ0) is 19.2. The second-order valence-electron chi connectivity index (χ2n) is 7.66. The van der Waals surface area contributed by atoms with Crippen molar-refractivity contribution in [2.24, 2.45) is 11.8 Å². The number of carbonyl (C=O) groups is 3. The maximum absolute atomic E-state index is 12.6. The van der Waals surface area contributed by atoms with E-state index < -0.39 is 5.97 Å². The van der Waals surface area contributed by atoms with Crippen molar-refractivity contribution in [3.8, 4) is 0 Å². The molecule has 0 spiro atoms. The van der Waals surface area contributed by atoms with Crippen LogP contribution in [0.1, 0.15) is 61.7 Å². The van der Waals surface area contributed by atoms with Gasteiger partial charge in [-0.1, -0.05) is 12.8 Å². The van der Waals surface area contributed by atoms with Gasteiger partial charge in [-0.2, -0.15) is 0 Å². The van der Waals surface area contributed by atoms with Gasteiger partial charge in [-0.15, -0.1) is 0 Å². The molecule has 0 bridgehead atoms. The summed E-state index contributed by atoms with van der Waals surface area (Å²) in [4.78, 5) is 38.0. The van der Waals surface area contributed by atoms with Crippen LogP contribution in [0.3, 0.4) is 0 Å². The molecule has 1 aromatic carbocycles. The van der Waals surface area contributed by atoms with Crippen LogP contribution in [-0.4, -0.2) is 40.9 Å². The molecular formula is C21H28N2O4. The molecule has 27 heavy (non-hydrogen) atoms. The molecule has 146 valence electrons. The smallest absolute Gasteiger partial charge is 0.306 e. The number of nitrogens with one attached hydrogen (secondary N) is 1. The van der Waals surface area contributed by atoms with Crippen molar-refractivity contribution in [3.05, 3.63) is 29.8 Å². The van der Waals surface area contributed by atoms with E-state index in [-0.39, 0.29) is 23.7 Å². The molecule has 6 heteroatoms. The Labute approximate surface area is 159 Å². The molecule has 3 rings (SSSR count). The second-order valence-corrected chi connectivity index (χ2v) is 7.66. The van der Waals surface area contributed by atoms with Crippen LogP contribution in [0.25, 0.3) is 0 Å². The number of amides is 2. The molecule has 0 unspecified atom stereocenters. The molecular weight excluding hydrogens is 344 g/mol. The molecule has 1 saturated carbocycles. The third kappa shape index (κ3) is 5.08. The van der Waals surface area contributed by atoms with Crippen LogP contribution in [0.4, 0.5) is 5.69 Å². The number of carbonyl (C=O) groups excluding carboxylic acids is 2. The summed E-state index contributed by atoms with van der Waals surface area (Å²) in [6.45, 7) is 1.63. The van der Waals surface area contributed by atoms with E-state index in [1.165, 1.54) is 12.8 Å². The highest BCUT2D eigenvalue weighted by molar-refractivity contribution is 5.96. The van der Waals surface area contributed by atoms with E-state index in [0.717, 1.165) is 25.9 Å². The van der Waals surface area contributed by atoms with E-state index in [1.54, 1.807) is 24.3 Å². The Hall–Kier alpha value is -2.37. The van der Waals surface area contributed by atoms with Gasteiger partial charge in [0, 0.05) is 30.3 Å². The first-order chi connectivity index (χ1) is 13.0. The number of benzene rings is 1. The van der Waals surface area contributed by atoms with Crippen LogP contribution in [0.15, 0.2) is 24.3 Å². The summed E-state index contributed by atoms with van der Waals surface area (Å²) in [6.07, 6.45) is 6.80. The normalized spacial score (nSPS) is 23.3. The van der Waals surface area contributed by atoms with Crippen molar-refractivity contribution < 1.29 is 19.5 Å². The van der Waals surface area contributed by atoms with Gasteiger partial charge in [0.1, 0.15) is 0 Å². The highest BCUT2D eigenvalue weighted by Gasteiger charge is 2.29. The number of carboxylic acids is 1. The maximum atomic E-state index is 12.6. The van der Waals surface area contributed by atoms with Crippen molar-refractivity contribution in [3.63, 3.8) is 0 Å². The zero-order valence-electron chi connectivity index (χ0n) is 15.7. The van der Waals surface area contributed by atoms with Gasteiger partial charge in [0.15, 0.2) is 0 Å². The summed E-state index contributed by atoms with van der Waals surface area (Å²) < 4.78 is 0. The SMILES string of the molecule is O=C(O)C1CCC(C(=O)Nc2ccc(C(=O)N3CCCCCC3)cc2)CC1. The first-order valence-corrected chi connectivity index (χ1v) is 9.97. The fourth-order valence-corrected chi connectivity index (χ4v) is 4.00. The fourth-order valence-electron chi connectivity index (χ4n) is 4.00. The van der Waals surface area contributed by atoms with Gasteiger partial charge < -0.3 is 15.3 Å². The van der Waals surface area contributed by atoms with Crippen molar-refractivity contribution in [2.75, 3.05) is 18.4 Å². The number of likely N-dealkylation sites (tertiary alicyclic amines) is 1. The lowest BCUT2D eigenvalue weighted by atomic mass is 9.81. The van der Waals surface area contributed by atoms with E-state index in [0.29, 0.717) is 36.9 Å². The molecule has 2 aliphatic rings. The van der Waals surface area contributed by atoms with E-state index in [4.69, 9.17) is 5.11 Å². The van der Waals surface area contributed by atoms with Gasteiger partial charge in [-0.05, 0) is 62.8 Å². The monoisotopic (exact) mass is 372 g/mol. The molecule has 2 N–H and O–H groups in total. The average molecular weight is 372 g/mol. The van der Waals surface area contributed by atoms with Gasteiger partial charge in [-0.3, -0.25) is 14.4 Å². The van der Waals surface area contributed by atoms with Crippen molar-refractivity contribution in [1.29, 1.82) is 0 Å². The van der Waals surface area contributed by atoms with Crippen LogP contribution >= 0.6 is 0 Å². The summed E-state index contributed by atoms with van der Waals surface area (Å²) in [7, 11) is 0. The van der Waals surface area contributed by atoms with Crippen LogP contribution < -0.4 is 5.32 Å². The van der Waals surface area contributed by atoms with Crippen LogP contribution in [0.5, 0.6) is 0 Å². The van der Waals surface area contributed by atoms with E-state index in [9.17, 15) is 14.4 Å². The van der Waals surface area contributed by atoms with Crippen LogP contribution in [-0.2, 0) is 9.59 Å². The molecule has 1 aliphatic heterocycles. The van der Waals surface area contributed by atoms with Crippen molar-refractivity contribution in [2.45, 2.75) is 51.4 Å². The van der Waals surface area contributed by atoms with Crippen LogP contribution in [0, 0.1) is 11.8 Å². The molecule has 2 fully saturated rings. The molecule has 0 atom stereocenters. The van der Waals surface area contributed by atoms with Crippen molar-refractivity contribution in [1.82, 2.24) is 4.90 Å². The number of nitrogens with zero attached hydrogens (tertiary/aromatic N) is 1. The summed E-state index contributed by atoms with van der Waals surface area (Å²) in [5.41, 5.74) is 1.32. The minimum atomic E-state index is -0.765. The molecule has 1 heterocycles. The summed E-state index contributed by atoms with van der Waals surface area (Å²) in [5, 5.41) is 11.9. The number of aliphatic carboxylic acids is 1. The minimum Gasteiger partial charge on any atom is -0.481 e.